The summed E-state index contributed by atoms with van der Waals surface area (Å²) >= 11 is 3.39. The number of nitrogens with zero attached hydrogens (tertiary/aromatic N) is 1. The van der Waals surface area contributed by atoms with Crippen molar-refractivity contribution in [3.63, 3.8) is 0 Å². The SMILES string of the molecule is O=C(Nc1ccc(N2CCCC2)c(S(=O)(=O)N[C@H]2CCCc3ccccc32)c1)c1cccc(Br)c1. The van der Waals surface area contributed by atoms with Crippen molar-refractivity contribution < 1.29 is 13.2 Å². The van der Waals surface area contributed by atoms with Crippen LogP contribution in [0.2, 0.25) is 0 Å². The van der Waals surface area contributed by atoms with Crippen molar-refractivity contribution in [1.29, 1.82) is 0 Å². The summed E-state index contributed by atoms with van der Waals surface area (Å²) in [6.07, 6.45) is 4.72. The summed E-state index contributed by atoms with van der Waals surface area (Å²) in [6.45, 7) is 1.64. The highest BCUT2D eigenvalue weighted by atomic mass is 79.9. The number of rotatable bonds is 6. The Labute approximate surface area is 214 Å². The maximum absolute atomic E-state index is 13.8. The van der Waals surface area contributed by atoms with Crippen LogP contribution in [0.5, 0.6) is 0 Å². The van der Waals surface area contributed by atoms with Crippen LogP contribution in [0.1, 0.15) is 53.2 Å². The highest BCUT2D eigenvalue weighted by Crippen LogP contribution is 2.35. The molecule has 1 fully saturated rings. The van der Waals surface area contributed by atoms with Gasteiger partial charge in [-0.25, -0.2) is 13.1 Å². The largest absolute Gasteiger partial charge is 0.370 e. The van der Waals surface area contributed by atoms with Crippen molar-refractivity contribution in [3.05, 3.63) is 87.9 Å². The Morgan fingerprint density at radius 1 is 0.943 bits per heavy atom. The number of aryl methyl sites for hydroxylation is 1. The molecule has 2 N–H and O–H groups in total. The van der Waals surface area contributed by atoms with E-state index in [1.807, 2.05) is 30.3 Å². The summed E-state index contributed by atoms with van der Waals surface area (Å²) in [5.74, 6) is -0.294. The molecule has 3 aromatic rings. The molecule has 0 spiro atoms. The molecule has 0 bridgehead atoms. The van der Waals surface area contributed by atoms with E-state index in [4.69, 9.17) is 0 Å². The first-order chi connectivity index (χ1) is 16.9. The second-order valence-corrected chi connectivity index (χ2v) is 11.7. The number of sulfonamides is 1. The maximum Gasteiger partial charge on any atom is 0.255 e. The number of carbonyl (C=O) groups excluding carboxylic acids is 1. The Kier molecular flexibility index (Phi) is 6.95. The number of hydrogen-bond acceptors (Lipinski definition) is 4. The minimum absolute atomic E-state index is 0.203. The van der Waals surface area contributed by atoms with E-state index in [1.165, 1.54) is 5.56 Å². The van der Waals surface area contributed by atoms with Gasteiger partial charge < -0.3 is 10.2 Å². The molecular formula is C27H28BrN3O3S. The Balaban J connectivity index is 1.47. The monoisotopic (exact) mass is 553 g/mol. The normalized spacial score (nSPS) is 17.7. The predicted molar refractivity (Wildman–Crippen MR) is 142 cm³/mol. The molecule has 0 aromatic heterocycles. The Bertz CT molecular complexity index is 1350. The fraction of sp³-hybridized carbons (Fsp3) is 0.296. The van der Waals surface area contributed by atoms with Gasteiger partial charge in [-0.05, 0) is 79.6 Å². The molecule has 3 aromatic carbocycles. The lowest BCUT2D eigenvalue weighted by Gasteiger charge is -2.28. The molecule has 1 amide bonds. The van der Waals surface area contributed by atoms with E-state index in [0.29, 0.717) is 16.9 Å². The minimum Gasteiger partial charge on any atom is -0.370 e. The van der Waals surface area contributed by atoms with Crippen LogP contribution in [0.15, 0.2) is 76.1 Å². The Morgan fingerprint density at radius 2 is 1.74 bits per heavy atom. The van der Waals surface area contributed by atoms with Crippen LogP contribution < -0.4 is 14.9 Å². The van der Waals surface area contributed by atoms with Gasteiger partial charge >= 0.3 is 0 Å². The van der Waals surface area contributed by atoms with Gasteiger partial charge in [0.2, 0.25) is 10.0 Å². The zero-order chi connectivity index (χ0) is 24.4. The summed E-state index contributed by atoms with van der Waals surface area (Å²) < 4.78 is 31.3. The van der Waals surface area contributed by atoms with Gasteiger partial charge in [0.05, 0.1) is 5.69 Å². The lowest BCUT2D eigenvalue weighted by molar-refractivity contribution is 0.102. The lowest BCUT2D eigenvalue weighted by atomic mass is 9.88. The number of carbonyl (C=O) groups is 1. The second kappa shape index (κ2) is 10.1. The van der Waals surface area contributed by atoms with Gasteiger partial charge in [-0.15, -0.1) is 0 Å². The van der Waals surface area contributed by atoms with Gasteiger partial charge in [0.15, 0.2) is 0 Å². The van der Waals surface area contributed by atoms with Crippen molar-refractivity contribution in [2.75, 3.05) is 23.3 Å². The number of nitrogens with one attached hydrogen (secondary N) is 2. The predicted octanol–water partition coefficient (Wildman–Crippen LogP) is 5.66. The summed E-state index contributed by atoms with van der Waals surface area (Å²) in [4.78, 5) is 15.1. The summed E-state index contributed by atoms with van der Waals surface area (Å²) in [5, 5.41) is 2.86. The molecule has 182 valence electrons. The molecule has 35 heavy (non-hydrogen) atoms. The highest BCUT2D eigenvalue weighted by molar-refractivity contribution is 9.10. The number of anilines is 2. The van der Waals surface area contributed by atoms with Crippen molar-refractivity contribution >= 4 is 43.2 Å². The molecule has 0 saturated carbocycles. The third-order valence-corrected chi connectivity index (χ3v) is 8.70. The number of amides is 1. The van der Waals surface area contributed by atoms with Gasteiger partial charge in [-0.1, -0.05) is 46.3 Å². The van der Waals surface area contributed by atoms with E-state index in [9.17, 15) is 13.2 Å². The molecule has 1 aliphatic heterocycles. The van der Waals surface area contributed by atoms with Crippen LogP contribution in [-0.2, 0) is 16.4 Å². The first-order valence-corrected chi connectivity index (χ1v) is 14.2. The van der Waals surface area contributed by atoms with E-state index in [2.05, 4.69) is 36.9 Å². The fourth-order valence-corrected chi connectivity index (χ4v) is 6.89. The Hall–Kier alpha value is -2.68. The minimum atomic E-state index is -3.85. The molecule has 1 saturated heterocycles. The molecule has 1 heterocycles. The smallest absolute Gasteiger partial charge is 0.255 e. The van der Waals surface area contributed by atoms with Crippen molar-refractivity contribution in [2.24, 2.45) is 0 Å². The highest BCUT2D eigenvalue weighted by Gasteiger charge is 2.29. The number of halogens is 1. The van der Waals surface area contributed by atoms with E-state index in [-0.39, 0.29) is 16.8 Å². The van der Waals surface area contributed by atoms with Crippen LogP contribution in [0.4, 0.5) is 11.4 Å². The van der Waals surface area contributed by atoms with Crippen LogP contribution in [-0.4, -0.2) is 27.4 Å². The van der Waals surface area contributed by atoms with Gasteiger partial charge in [0.25, 0.3) is 5.91 Å². The van der Waals surface area contributed by atoms with E-state index in [0.717, 1.165) is 55.2 Å². The standard InChI is InChI=1S/C27H28BrN3O3S/c28-21-10-5-9-20(17-21)27(32)29-22-13-14-25(31-15-3-4-16-31)26(18-22)35(33,34)30-24-12-6-8-19-7-1-2-11-23(19)24/h1-2,5,7,9-11,13-14,17-18,24,30H,3-4,6,8,12,15-16H2,(H,29,32)/t24-/m0/s1. The topological polar surface area (TPSA) is 78.5 Å². The van der Waals surface area contributed by atoms with E-state index < -0.39 is 10.0 Å². The van der Waals surface area contributed by atoms with Gasteiger partial charge in [0.1, 0.15) is 4.90 Å². The van der Waals surface area contributed by atoms with E-state index in [1.54, 1.807) is 30.3 Å². The van der Waals surface area contributed by atoms with E-state index >= 15 is 0 Å². The average molecular weight is 555 g/mol. The van der Waals surface area contributed by atoms with Crippen LogP contribution in [0.25, 0.3) is 0 Å². The third-order valence-electron chi connectivity index (χ3n) is 6.71. The van der Waals surface area contributed by atoms with Gasteiger partial charge in [0, 0.05) is 34.9 Å². The molecule has 0 unspecified atom stereocenters. The molecule has 2 aliphatic rings. The van der Waals surface area contributed by atoms with Crippen LogP contribution in [0, 0.1) is 0 Å². The first kappa shape index (κ1) is 24.0. The van der Waals surface area contributed by atoms with Gasteiger partial charge in [-0.3, -0.25) is 4.79 Å². The van der Waals surface area contributed by atoms with Gasteiger partial charge in [-0.2, -0.15) is 0 Å². The summed E-state index contributed by atoms with van der Waals surface area (Å²) in [5.41, 5.74) is 3.86. The molecule has 8 heteroatoms. The zero-order valence-electron chi connectivity index (χ0n) is 19.3. The maximum atomic E-state index is 13.8. The van der Waals surface area contributed by atoms with Crippen molar-refractivity contribution in [1.82, 2.24) is 4.72 Å². The fourth-order valence-electron chi connectivity index (χ4n) is 4.99. The third kappa shape index (κ3) is 5.29. The molecule has 6 nitrogen and oxygen atoms in total. The van der Waals surface area contributed by atoms with Crippen LogP contribution in [0.3, 0.4) is 0 Å². The Morgan fingerprint density at radius 3 is 2.54 bits per heavy atom. The summed E-state index contributed by atoms with van der Waals surface area (Å²) in [6, 6.07) is 20.0. The average Bonchev–Trinajstić information content (AvgIpc) is 3.39. The number of hydrogen-bond donors (Lipinski definition) is 2. The molecule has 5 rings (SSSR count). The number of fused-ring (bicyclic) bond motifs is 1. The number of benzene rings is 3. The van der Waals surface area contributed by atoms with Crippen molar-refractivity contribution in [3.8, 4) is 0 Å². The zero-order valence-corrected chi connectivity index (χ0v) is 21.7. The van der Waals surface area contributed by atoms with Crippen LogP contribution >= 0.6 is 15.9 Å². The van der Waals surface area contributed by atoms with Crippen molar-refractivity contribution in [2.45, 2.75) is 43.0 Å². The second-order valence-electron chi connectivity index (χ2n) is 9.11. The molecular weight excluding hydrogens is 526 g/mol. The lowest BCUT2D eigenvalue weighted by Crippen LogP contribution is -2.32. The quantitative estimate of drug-likeness (QED) is 0.413. The molecule has 1 atom stereocenters. The molecule has 0 radical (unpaired) electrons. The summed E-state index contributed by atoms with van der Waals surface area (Å²) in [7, 11) is -3.85. The molecule has 1 aliphatic carbocycles. The first-order valence-electron chi connectivity index (χ1n) is 12.0.